The molecule has 0 bridgehead atoms. The second kappa shape index (κ2) is 5.48. The first-order valence-electron chi connectivity index (χ1n) is 6.69. The van der Waals surface area contributed by atoms with E-state index in [9.17, 15) is 9.18 Å². The molecular formula is C15H14BrFN2O. The van der Waals surface area contributed by atoms with E-state index in [4.69, 9.17) is 0 Å². The molecule has 3 nitrogen and oxygen atoms in total. The molecule has 0 N–H and O–H groups in total. The Labute approximate surface area is 124 Å². The SMILES string of the molecule is O=Cc1cn(C2CCCC2)nc1-c1ccc(Br)c(F)c1. The molecular weight excluding hydrogens is 323 g/mol. The fourth-order valence-corrected chi connectivity index (χ4v) is 2.96. The Morgan fingerprint density at radius 2 is 2.10 bits per heavy atom. The number of halogens is 2. The van der Waals surface area contributed by atoms with E-state index in [0.717, 1.165) is 19.1 Å². The van der Waals surface area contributed by atoms with Gasteiger partial charge in [0.15, 0.2) is 6.29 Å². The van der Waals surface area contributed by atoms with Crippen LogP contribution in [0.4, 0.5) is 4.39 Å². The van der Waals surface area contributed by atoms with E-state index in [1.165, 1.54) is 18.9 Å². The van der Waals surface area contributed by atoms with Crippen LogP contribution in [0.1, 0.15) is 42.1 Å². The summed E-state index contributed by atoms with van der Waals surface area (Å²) in [5.41, 5.74) is 1.70. The van der Waals surface area contributed by atoms with Gasteiger partial charge in [-0.1, -0.05) is 18.9 Å². The number of aromatic nitrogens is 2. The van der Waals surface area contributed by atoms with Gasteiger partial charge >= 0.3 is 0 Å². The predicted molar refractivity (Wildman–Crippen MR) is 78.2 cm³/mol. The van der Waals surface area contributed by atoms with Gasteiger partial charge in [0.2, 0.25) is 0 Å². The number of carbonyl (C=O) groups excluding carboxylic acids is 1. The van der Waals surface area contributed by atoms with Crippen molar-refractivity contribution in [3.63, 3.8) is 0 Å². The maximum absolute atomic E-state index is 13.6. The Morgan fingerprint density at radius 1 is 1.35 bits per heavy atom. The van der Waals surface area contributed by atoms with Gasteiger partial charge in [0.1, 0.15) is 11.5 Å². The molecule has 0 aliphatic heterocycles. The molecule has 1 fully saturated rings. The highest BCUT2D eigenvalue weighted by Gasteiger charge is 2.20. The average Bonchev–Trinajstić information content (AvgIpc) is 3.09. The van der Waals surface area contributed by atoms with Crippen molar-refractivity contribution >= 4 is 22.2 Å². The Morgan fingerprint density at radius 3 is 2.75 bits per heavy atom. The first-order valence-corrected chi connectivity index (χ1v) is 7.48. The van der Waals surface area contributed by atoms with Crippen molar-refractivity contribution in [2.75, 3.05) is 0 Å². The number of aldehydes is 1. The number of hydrogen-bond donors (Lipinski definition) is 0. The van der Waals surface area contributed by atoms with Crippen molar-refractivity contribution in [2.45, 2.75) is 31.7 Å². The normalized spacial score (nSPS) is 15.7. The Bertz CT molecular complexity index is 647. The quantitative estimate of drug-likeness (QED) is 0.779. The first kappa shape index (κ1) is 13.5. The van der Waals surface area contributed by atoms with Crippen LogP contribution in [0, 0.1) is 5.82 Å². The lowest BCUT2D eigenvalue weighted by Crippen LogP contribution is -2.04. The third-order valence-electron chi connectivity index (χ3n) is 3.78. The smallest absolute Gasteiger partial charge is 0.153 e. The van der Waals surface area contributed by atoms with Crippen molar-refractivity contribution in [3.05, 3.63) is 40.2 Å². The van der Waals surface area contributed by atoms with Crippen molar-refractivity contribution in [3.8, 4) is 11.3 Å². The summed E-state index contributed by atoms with van der Waals surface area (Å²) in [6.07, 6.45) is 7.14. The number of hydrogen-bond acceptors (Lipinski definition) is 2. The summed E-state index contributed by atoms with van der Waals surface area (Å²) in [5, 5.41) is 4.51. The molecule has 1 aliphatic rings. The van der Waals surface area contributed by atoms with Crippen molar-refractivity contribution < 1.29 is 9.18 Å². The molecule has 0 atom stereocenters. The van der Waals surface area contributed by atoms with Crippen molar-refractivity contribution in [2.24, 2.45) is 0 Å². The minimum atomic E-state index is -0.352. The van der Waals surface area contributed by atoms with Gasteiger partial charge in [0.25, 0.3) is 0 Å². The molecule has 0 radical (unpaired) electrons. The van der Waals surface area contributed by atoms with Crippen molar-refractivity contribution in [1.82, 2.24) is 9.78 Å². The van der Waals surface area contributed by atoms with Crippen LogP contribution in [-0.2, 0) is 0 Å². The third kappa shape index (κ3) is 2.42. The summed E-state index contributed by atoms with van der Waals surface area (Å²) in [6.45, 7) is 0. The molecule has 0 unspecified atom stereocenters. The molecule has 104 valence electrons. The van der Waals surface area contributed by atoms with E-state index >= 15 is 0 Å². The average molecular weight is 337 g/mol. The maximum atomic E-state index is 13.6. The summed E-state index contributed by atoms with van der Waals surface area (Å²) < 4.78 is 15.9. The van der Waals surface area contributed by atoms with Crippen LogP contribution in [0.25, 0.3) is 11.3 Å². The number of rotatable bonds is 3. The molecule has 1 aromatic heterocycles. The molecule has 20 heavy (non-hydrogen) atoms. The van der Waals surface area contributed by atoms with Gasteiger partial charge in [-0.3, -0.25) is 9.48 Å². The summed E-state index contributed by atoms with van der Waals surface area (Å²) in [6, 6.07) is 5.16. The topological polar surface area (TPSA) is 34.9 Å². The maximum Gasteiger partial charge on any atom is 0.153 e. The van der Waals surface area contributed by atoms with Crippen LogP contribution >= 0.6 is 15.9 Å². The third-order valence-corrected chi connectivity index (χ3v) is 4.42. The fourth-order valence-electron chi connectivity index (χ4n) is 2.72. The van der Waals surface area contributed by atoms with Crippen LogP contribution < -0.4 is 0 Å². The zero-order valence-corrected chi connectivity index (χ0v) is 12.4. The van der Waals surface area contributed by atoms with E-state index in [0.29, 0.717) is 27.3 Å². The summed E-state index contributed by atoms with van der Waals surface area (Å²) in [5.74, 6) is -0.352. The zero-order chi connectivity index (χ0) is 14.1. The van der Waals surface area contributed by atoms with Gasteiger partial charge in [0, 0.05) is 11.8 Å². The van der Waals surface area contributed by atoms with E-state index in [2.05, 4.69) is 21.0 Å². The van der Waals surface area contributed by atoms with Crippen LogP contribution in [-0.4, -0.2) is 16.1 Å². The van der Waals surface area contributed by atoms with Crippen LogP contribution in [0.15, 0.2) is 28.9 Å². The minimum Gasteiger partial charge on any atom is -0.298 e. The van der Waals surface area contributed by atoms with E-state index < -0.39 is 0 Å². The molecule has 0 amide bonds. The molecule has 1 aliphatic carbocycles. The molecule has 1 heterocycles. The molecule has 2 aromatic rings. The molecule has 5 heteroatoms. The standard InChI is InChI=1S/C15H14BrFN2O/c16-13-6-5-10(7-14(13)17)15-11(9-20)8-19(18-15)12-3-1-2-4-12/h5-9,12H,1-4H2. The van der Waals surface area contributed by atoms with Gasteiger partial charge in [-0.15, -0.1) is 0 Å². The van der Waals surface area contributed by atoms with Crippen LogP contribution in [0.2, 0.25) is 0 Å². The monoisotopic (exact) mass is 336 g/mol. The second-order valence-electron chi connectivity index (χ2n) is 5.10. The molecule has 1 saturated carbocycles. The molecule has 0 saturated heterocycles. The van der Waals surface area contributed by atoms with Crippen LogP contribution in [0.5, 0.6) is 0 Å². The molecule has 3 rings (SSSR count). The van der Waals surface area contributed by atoms with Crippen molar-refractivity contribution in [1.29, 1.82) is 0 Å². The zero-order valence-electron chi connectivity index (χ0n) is 10.9. The summed E-state index contributed by atoms with van der Waals surface area (Å²) in [4.78, 5) is 11.2. The highest BCUT2D eigenvalue weighted by molar-refractivity contribution is 9.10. The van der Waals surface area contributed by atoms with Gasteiger partial charge < -0.3 is 0 Å². The van der Waals surface area contributed by atoms with E-state index in [1.54, 1.807) is 18.3 Å². The Hall–Kier alpha value is -1.49. The lowest BCUT2D eigenvalue weighted by Gasteiger charge is -2.08. The summed E-state index contributed by atoms with van der Waals surface area (Å²) in [7, 11) is 0. The Kier molecular flexibility index (Phi) is 3.70. The Balaban J connectivity index is 2.03. The fraction of sp³-hybridized carbons (Fsp3) is 0.333. The van der Waals surface area contributed by atoms with Crippen LogP contribution in [0.3, 0.4) is 0 Å². The minimum absolute atomic E-state index is 0.352. The van der Waals surface area contributed by atoms with Gasteiger partial charge in [-0.05, 0) is 40.9 Å². The number of benzene rings is 1. The molecule has 1 aromatic carbocycles. The number of nitrogens with zero attached hydrogens (tertiary/aromatic N) is 2. The second-order valence-corrected chi connectivity index (χ2v) is 5.95. The van der Waals surface area contributed by atoms with E-state index in [1.807, 2.05) is 4.68 Å². The highest BCUT2D eigenvalue weighted by Crippen LogP contribution is 2.32. The van der Waals surface area contributed by atoms with Gasteiger partial charge in [0.05, 0.1) is 16.1 Å². The van der Waals surface area contributed by atoms with E-state index in [-0.39, 0.29) is 5.82 Å². The van der Waals surface area contributed by atoms with Gasteiger partial charge in [-0.25, -0.2) is 4.39 Å². The first-order chi connectivity index (χ1) is 9.69. The van der Waals surface area contributed by atoms with Gasteiger partial charge in [-0.2, -0.15) is 5.10 Å². The summed E-state index contributed by atoms with van der Waals surface area (Å²) >= 11 is 3.13. The predicted octanol–water partition coefficient (Wildman–Crippen LogP) is 4.38. The lowest BCUT2D eigenvalue weighted by atomic mass is 10.1. The highest BCUT2D eigenvalue weighted by atomic mass is 79.9. The number of carbonyl (C=O) groups is 1. The largest absolute Gasteiger partial charge is 0.298 e. The lowest BCUT2D eigenvalue weighted by molar-refractivity contribution is 0.112. The molecule has 0 spiro atoms.